The molecule has 0 saturated heterocycles. The molecule has 1 amide bonds. The molecule has 0 bridgehead atoms. The van der Waals surface area contributed by atoms with Crippen LogP contribution >= 0.6 is 31.9 Å². The van der Waals surface area contributed by atoms with Crippen molar-refractivity contribution in [3.05, 3.63) is 69.2 Å². The second kappa shape index (κ2) is 8.45. The number of halogens is 2. The molecule has 1 heterocycles. The Bertz CT molecular complexity index is 894. The summed E-state index contributed by atoms with van der Waals surface area (Å²) >= 11 is 6.79. The topological polar surface area (TPSA) is 51.2 Å². The van der Waals surface area contributed by atoms with E-state index in [1.807, 2.05) is 48.5 Å². The summed E-state index contributed by atoms with van der Waals surface area (Å²) in [6.07, 6.45) is 2.51. The lowest BCUT2D eigenvalue weighted by atomic mass is 10.1. The Labute approximate surface area is 162 Å². The molecule has 0 spiro atoms. The molecule has 0 atom stereocenters. The van der Waals surface area contributed by atoms with Gasteiger partial charge in [-0.15, -0.1) is 0 Å². The number of carbonyl (C=O) groups excluding carboxylic acids is 1. The van der Waals surface area contributed by atoms with E-state index < -0.39 is 0 Å². The van der Waals surface area contributed by atoms with Gasteiger partial charge in [0.15, 0.2) is 6.61 Å². The van der Waals surface area contributed by atoms with Crippen LogP contribution in [0.5, 0.6) is 5.75 Å². The number of aromatic nitrogens is 1. The van der Waals surface area contributed by atoms with Crippen molar-refractivity contribution in [1.29, 1.82) is 0 Å². The molecule has 3 rings (SSSR count). The summed E-state index contributed by atoms with van der Waals surface area (Å²) in [6, 6.07) is 15.6. The van der Waals surface area contributed by atoms with Crippen molar-refractivity contribution in [3.8, 4) is 5.75 Å². The molecule has 0 aliphatic heterocycles. The van der Waals surface area contributed by atoms with Crippen LogP contribution in [-0.4, -0.2) is 24.0 Å². The van der Waals surface area contributed by atoms with Crippen LogP contribution in [0.25, 0.3) is 10.9 Å². The van der Waals surface area contributed by atoms with E-state index in [2.05, 4.69) is 42.2 Å². The van der Waals surface area contributed by atoms with Crippen LogP contribution in [0, 0.1) is 0 Å². The van der Waals surface area contributed by atoms with Gasteiger partial charge in [0, 0.05) is 22.6 Å². The van der Waals surface area contributed by atoms with E-state index in [0.717, 1.165) is 31.8 Å². The highest BCUT2D eigenvalue weighted by atomic mass is 79.9. The quantitative estimate of drug-likeness (QED) is 0.585. The lowest BCUT2D eigenvalue weighted by molar-refractivity contribution is -0.123. The van der Waals surface area contributed by atoms with Gasteiger partial charge in [0.2, 0.25) is 0 Å². The summed E-state index contributed by atoms with van der Waals surface area (Å²) in [4.78, 5) is 16.4. The highest BCUT2D eigenvalue weighted by Gasteiger charge is 2.07. The molecule has 0 radical (unpaired) electrons. The van der Waals surface area contributed by atoms with Gasteiger partial charge in [0.25, 0.3) is 5.91 Å². The van der Waals surface area contributed by atoms with Gasteiger partial charge in [0.05, 0.1) is 9.99 Å². The minimum atomic E-state index is -0.150. The number of fused-ring (bicyclic) bond motifs is 1. The second-order valence-electron chi connectivity index (χ2n) is 5.46. The number of pyridine rings is 1. The molecule has 128 valence electrons. The molecule has 3 aromatic rings. The second-order valence-corrected chi connectivity index (χ2v) is 7.23. The smallest absolute Gasteiger partial charge is 0.257 e. The molecule has 1 aromatic heterocycles. The Kier molecular flexibility index (Phi) is 6.04. The van der Waals surface area contributed by atoms with Crippen molar-refractivity contribution in [2.45, 2.75) is 6.42 Å². The molecule has 0 unspecified atom stereocenters. The molecule has 1 N–H and O–H groups in total. The third-order valence-electron chi connectivity index (χ3n) is 3.69. The van der Waals surface area contributed by atoms with Gasteiger partial charge in [-0.2, -0.15) is 0 Å². The minimum absolute atomic E-state index is 0.0198. The van der Waals surface area contributed by atoms with Crippen LogP contribution in [0.4, 0.5) is 0 Å². The summed E-state index contributed by atoms with van der Waals surface area (Å²) in [5, 5.41) is 3.99. The van der Waals surface area contributed by atoms with E-state index >= 15 is 0 Å². The Morgan fingerprint density at radius 1 is 1.12 bits per heavy atom. The lowest BCUT2D eigenvalue weighted by Gasteiger charge is -2.10. The van der Waals surface area contributed by atoms with E-state index in [9.17, 15) is 4.79 Å². The number of carbonyl (C=O) groups is 1. The maximum absolute atomic E-state index is 12.0. The summed E-state index contributed by atoms with van der Waals surface area (Å²) in [7, 11) is 0. The zero-order valence-electron chi connectivity index (χ0n) is 13.3. The number of para-hydroxylation sites is 1. The standard InChI is InChI=1S/C19H16Br2N2O2/c20-15-6-7-17(16(21)11-15)25-12-18(24)22-10-8-14-4-1-3-13-5-2-9-23-19(13)14/h1-7,9,11H,8,10,12H2,(H,22,24). The molecule has 0 fully saturated rings. The van der Waals surface area contributed by atoms with Crippen LogP contribution in [0.1, 0.15) is 5.56 Å². The molecular formula is C19H16Br2N2O2. The minimum Gasteiger partial charge on any atom is -0.483 e. The highest BCUT2D eigenvalue weighted by Crippen LogP contribution is 2.28. The molecule has 6 heteroatoms. The molecule has 0 saturated carbocycles. The van der Waals surface area contributed by atoms with E-state index in [-0.39, 0.29) is 12.5 Å². The van der Waals surface area contributed by atoms with E-state index in [1.54, 1.807) is 6.20 Å². The molecular weight excluding hydrogens is 448 g/mol. The molecule has 25 heavy (non-hydrogen) atoms. The van der Waals surface area contributed by atoms with E-state index in [4.69, 9.17) is 4.74 Å². The molecule has 2 aromatic carbocycles. The van der Waals surface area contributed by atoms with Crippen LogP contribution in [0.3, 0.4) is 0 Å². The van der Waals surface area contributed by atoms with Crippen molar-refractivity contribution in [3.63, 3.8) is 0 Å². The number of hydrogen-bond acceptors (Lipinski definition) is 3. The number of hydrogen-bond donors (Lipinski definition) is 1. The van der Waals surface area contributed by atoms with Gasteiger partial charge in [0.1, 0.15) is 5.75 Å². The fourth-order valence-corrected chi connectivity index (χ4v) is 3.65. The predicted octanol–water partition coefficient (Wildman–Crippen LogP) is 4.50. The van der Waals surface area contributed by atoms with Crippen molar-refractivity contribution in [1.82, 2.24) is 10.3 Å². The zero-order chi connectivity index (χ0) is 17.6. The number of ether oxygens (including phenoxy) is 1. The van der Waals surface area contributed by atoms with Crippen LogP contribution in [0.15, 0.2) is 63.7 Å². The SMILES string of the molecule is O=C(COc1ccc(Br)cc1Br)NCCc1cccc2cccnc12. The van der Waals surface area contributed by atoms with Crippen LogP contribution in [0.2, 0.25) is 0 Å². The molecule has 4 nitrogen and oxygen atoms in total. The fourth-order valence-electron chi connectivity index (χ4n) is 2.49. The number of nitrogens with zero attached hydrogens (tertiary/aromatic N) is 1. The summed E-state index contributed by atoms with van der Waals surface area (Å²) in [5.41, 5.74) is 2.10. The van der Waals surface area contributed by atoms with Gasteiger partial charge in [-0.1, -0.05) is 40.2 Å². The van der Waals surface area contributed by atoms with E-state index in [0.29, 0.717) is 12.3 Å². The lowest BCUT2D eigenvalue weighted by Crippen LogP contribution is -2.30. The first-order valence-electron chi connectivity index (χ1n) is 7.80. The largest absolute Gasteiger partial charge is 0.483 e. The fraction of sp³-hybridized carbons (Fsp3) is 0.158. The van der Waals surface area contributed by atoms with Gasteiger partial charge >= 0.3 is 0 Å². The summed E-state index contributed by atoms with van der Waals surface area (Å²) in [5.74, 6) is 0.486. The maximum atomic E-state index is 12.0. The summed E-state index contributed by atoms with van der Waals surface area (Å²) < 4.78 is 7.28. The number of amides is 1. The van der Waals surface area contributed by atoms with Crippen molar-refractivity contribution in [2.24, 2.45) is 0 Å². The highest BCUT2D eigenvalue weighted by molar-refractivity contribution is 9.11. The average molecular weight is 464 g/mol. The Balaban J connectivity index is 1.51. The predicted molar refractivity (Wildman–Crippen MR) is 106 cm³/mol. The monoisotopic (exact) mass is 462 g/mol. The Morgan fingerprint density at radius 3 is 2.80 bits per heavy atom. The zero-order valence-corrected chi connectivity index (χ0v) is 16.5. The average Bonchev–Trinajstić information content (AvgIpc) is 2.61. The van der Waals surface area contributed by atoms with E-state index in [1.165, 1.54) is 0 Å². The number of nitrogens with one attached hydrogen (secondary N) is 1. The van der Waals surface area contributed by atoms with Gasteiger partial charge < -0.3 is 10.1 Å². The van der Waals surface area contributed by atoms with Crippen molar-refractivity contribution >= 4 is 48.7 Å². The first-order valence-corrected chi connectivity index (χ1v) is 9.39. The van der Waals surface area contributed by atoms with Crippen LogP contribution < -0.4 is 10.1 Å². The molecule has 0 aliphatic carbocycles. The Morgan fingerprint density at radius 2 is 1.96 bits per heavy atom. The maximum Gasteiger partial charge on any atom is 0.257 e. The normalized spacial score (nSPS) is 10.6. The first kappa shape index (κ1) is 17.9. The van der Waals surface area contributed by atoms with Gasteiger partial charge in [-0.3, -0.25) is 9.78 Å². The van der Waals surface area contributed by atoms with Crippen molar-refractivity contribution < 1.29 is 9.53 Å². The van der Waals surface area contributed by atoms with Gasteiger partial charge in [-0.05, 0) is 52.2 Å². The molecule has 0 aliphatic rings. The van der Waals surface area contributed by atoms with Gasteiger partial charge in [-0.25, -0.2) is 0 Å². The summed E-state index contributed by atoms with van der Waals surface area (Å²) in [6.45, 7) is 0.521. The van der Waals surface area contributed by atoms with Crippen molar-refractivity contribution in [2.75, 3.05) is 13.2 Å². The number of rotatable bonds is 6. The third kappa shape index (κ3) is 4.80. The number of benzene rings is 2. The Hall–Kier alpha value is -1.92. The third-order valence-corrected chi connectivity index (χ3v) is 4.80. The first-order chi connectivity index (χ1) is 12.1. The van der Waals surface area contributed by atoms with Crippen LogP contribution in [-0.2, 0) is 11.2 Å².